The van der Waals surface area contributed by atoms with Gasteiger partial charge in [-0.1, -0.05) is 25.0 Å². The lowest BCUT2D eigenvalue weighted by Gasteiger charge is -2.38. The van der Waals surface area contributed by atoms with Crippen LogP contribution in [0.3, 0.4) is 0 Å². The fourth-order valence-electron chi connectivity index (χ4n) is 6.24. The lowest BCUT2D eigenvalue weighted by molar-refractivity contribution is 0.0946. The molecular formula is C30H41BN8O. The summed E-state index contributed by atoms with van der Waals surface area (Å²) in [6, 6.07) is 9.84. The molecule has 210 valence electrons. The number of piperazine rings is 1. The Balaban J connectivity index is 1.15. The molecule has 3 aliphatic rings. The molecule has 40 heavy (non-hydrogen) atoms. The van der Waals surface area contributed by atoms with Gasteiger partial charge in [-0.3, -0.25) is 20.1 Å². The Hall–Kier alpha value is -3.00. The summed E-state index contributed by atoms with van der Waals surface area (Å²) in [7, 11) is 8.39. The molecule has 10 heteroatoms. The van der Waals surface area contributed by atoms with Crippen LogP contribution in [-0.2, 0) is 6.54 Å². The third-order valence-electron chi connectivity index (χ3n) is 8.75. The van der Waals surface area contributed by atoms with Crippen molar-refractivity contribution in [3.05, 3.63) is 47.4 Å². The maximum absolute atomic E-state index is 13.3. The molecule has 1 saturated carbocycles. The second-order valence-corrected chi connectivity index (χ2v) is 11.8. The Morgan fingerprint density at radius 2 is 1.70 bits per heavy atom. The quantitative estimate of drug-likeness (QED) is 0.381. The summed E-state index contributed by atoms with van der Waals surface area (Å²) in [6.07, 6.45) is 8.64. The number of hydrogen-bond acceptors (Lipinski definition) is 8. The van der Waals surface area contributed by atoms with Crippen LogP contribution in [0.4, 0.5) is 5.82 Å². The van der Waals surface area contributed by atoms with Crippen molar-refractivity contribution >= 4 is 25.0 Å². The van der Waals surface area contributed by atoms with Gasteiger partial charge in [0.1, 0.15) is 19.7 Å². The van der Waals surface area contributed by atoms with Crippen LogP contribution in [0.25, 0.3) is 0 Å². The maximum atomic E-state index is 13.3. The van der Waals surface area contributed by atoms with Crippen LogP contribution in [-0.4, -0.2) is 97.8 Å². The number of amides is 1. The summed E-state index contributed by atoms with van der Waals surface area (Å²) in [4.78, 5) is 29.1. The SMILES string of the molecule is [B]c1cnc(C#N)nc1N(CC1CCCC1)NC(=O)c1ccc(CN2CCN(CC3CCN(C)CC3)CC2)cc1. The zero-order valence-corrected chi connectivity index (χ0v) is 23.8. The van der Waals surface area contributed by atoms with Crippen molar-refractivity contribution in [3.8, 4) is 6.07 Å². The summed E-state index contributed by atoms with van der Waals surface area (Å²) in [5.74, 6) is 1.46. The first-order chi connectivity index (χ1) is 19.5. The van der Waals surface area contributed by atoms with E-state index >= 15 is 0 Å². The van der Waals surface area contributed by atoms with Crippen LogP contribution >= 0.6 is 0 Å². The molecule has 0 unspecified atom stereocenters. The fraction of sp³-hybridized carbons (Fsp3) is 0.600. The highest BCUT2D eigenvalue weighted by Gasteiger charge is 2.24. The molecule has 0 bridgehead atoms. The number of carbonyl (C=O) groups excluding carboxylic acids is 1. The van der Waals surface area contributed by atoms with Crippen molar-refractivity contribution < 1.29 is 4.79 Å². The molecule has 0 atom stereocenters. The van der Waals surface area contributed by atoms with Crippen molar-refractivity contribution in [2.24, 2.45) is 11.8 Å². The number of carbonyl (C=O) groups is 1. The molecule has 1 amide bonds. The van der Waals surface area contributed by atoms with E-state index in [1.165, 1.54) is 57.1 Å². The smallest absolute Gasteiger partial charge is 0.269 e. The number of nitriles is 1. The van der Waals surface area contributed by atoms with Crippen molar-refractivity contribution in [1.29, 1.82) is 5.26 Å². The molecule has 2 aromatic rings. The normalized spacial score (nSPS) is 19.9. The Kier molecular flexibility index (Phi) is 9.68. The van der Waals surface area contributed by atoms with E-state index in [2.05, 4.69) is 37.1 Å². The second-order valence-electron chi connectivity index (χ2n) is 11.8. The van der Waals surface area contributed by atoms with Crippen molar-refractivity contribution in [1.82, 2.24) is 30.1 Å². The van der Waals surface area contributed by atoms with Gasteiger partial charge in [0, 0.05) is 57.6 Å². The Bertz CT molecular complexity index is 1160. The second kappa shape index (κ2) is 13.6. The molecular weight excluding hydrogens is 499 g/mol. The van der Waals surface area contributed by atoms with E-state index < -0.39 is 0 Å². The first-order valence-corrected chi connectivity index (χ1v) is 14.8. The molecule has 9 nitrogen and oxygen atoms in total. The van der Waals surface area contributed by atoms with E-state index in [0.29, 0.717) is 29.3 Å². The molecule has 1 N–H and O–H groups in total. The van der Waals surface area contributed by atoms with Crippen LogP contribution in [0.15, 0.2) is 30.5 Å². The monoisotopic (exact) mass is 540 g/mol. The fourth-order valence-corrected chi connectivity index (χ4v) is 6.24. The van der Waals surface area contributed by atoms with E-state index in [0.717, 1.165) is 51.5 Å². The van der Waals surface area contributed by atoms with Gasteiger partial charge in [-0.15, -0.1) is 0 Å². The van der Waals surface area contributed by atoms with Crippen LogP contribution in [0.1, 0.15) is 60.3 Å². The van der Waals surface area contributed by atoms with Gasteiger partial charge in [0.2, 0.25) is 5.82 Å². The molecule has 1 aliphatic carbocycles. The Morgan fingerprint density at radius 3 is 2.38 bits per heavy atom. The summed E-state index contributed by atoms with van der Waals surface area (Å²) in [5, 5.41) is 11.0. The molecule has 1 aromatic heterocycles. The van der Waals surface area contributed by atoms with Crippen molar-refractivity contribution in [3.63, 3.8) is 0 Å². The van der Waals surface area contributed by atoms with Gasteiger partial charge >= 0.3 is 0 Å². The lowest BCUT2D eigenvalue weighted by atomic mass is 9.96. The van der Waals surface area contributed by atoms with Gasteiger partial charge < -0.3 is 9.80 Å². The highest BCUT2D eigenvalue weighted by Crippen LogP contribution is 2.26. The van der Waals surface area contributed by atoms with E-state index in [-0.39, 0.29) is 11.7 Å². The lowest BCUT2D eigenvalue weighted by Crippen LogP contribution is -2.48. The first kappa shape index (κ1) is 28.5. The van der Waals surface area contributed by atoms with E-state index in [1.54, 1.807) is 5.01 Å². The molecule has 0 spiro atoms. The Labute approximate surface area is 239 Å². The largest absolute Gasteiger partial charge is 0.306 e. The van der Waals surface area contributed by atoms with Gasteiger partial charge in [0.05, 0.1) is 0 Å². The number of hydrogen-bond donors (Lipinski definition) is 1. The molecule has 1 aromatic carbocycles. The average Bonchev–Trinajstić information content (AvgIpc) is 3.49. The molecule has 2 aliphatic heterocycles. The van der Waals surface area contributed by atoms with Gasteiger partial charge in [0.25, 0.3) is 5.91 Å². The van der Waals surface area contributed by atoms with Crippen LogP contribution in [0.5, 0.6) is 0 Å². The zero-order valence-electron chi connectivity index (χ0n) is 23.8. The number of nitrogens with zero attached hydrogens (tertiary/aromatic N) is 7. The zero-order chi connectivity index (χ0) is 27.9. The van der Waals surface area contributed by atoms with Gasteiger partial charge in [0.15, 0.2) is 0 Å². The summed E-state index contributed by atoms with van der Waals surface area (Å²) in [6.45, 7) is 9.61. The van der Waals surface area contributed by atoms with E-state index in [1.807, 2.05) is 30.3 Å². The van der Waals surface area contributed by atoms with Crippen LogP contribution in [0, 0.1) is 23.2 Å². The summed E-state index contributed by atoms with van der Waals surface area (Å²) in [5.41, 5.74) is 5.13. The third-order valence-corrected chi connectivity index (χ3v) is 8.75. The molecule has 2 radical (unpaired) electrons. The van der Waals surface area contributed by atoms with Gasteiger partial charge in [-0.2, -0.15) is 5.26 Å². The predicted molar refractivity (Wildman–Crippen MR) is 157 cm³/mol. The minimum atomic E-state index is -0.219. The number of likely N-dealkylation sites (tertiary alicyclic amines) is 1. The van der Waals surface area contributed by atoms with Crippen molar-refractivity contribution in [2.75, 3.05) is 64.4 Å². The van der Waals surface area contributed by atoms with Gasteiger partial charge in [-0.25, -0.2) is 9.97 Å². The van der Waals surface area contributed by atoms with E-state index in [4.69, 9.17) is 7.85 Å². The predicted octanol–water partition coefficient (Wildman–Crippen LogP) is 1.94. The maximum Gasteiger partial charge on any atom is 0.269 e. The third kappa shape index (κ3) is 7.59. The molecule has 2 saturated heterocycles. The highest BCUT2D eigenvalue weighted by atomic mass is 16.2. The summed E-state index contributed by atoms with van der Waals surface area (Å²) >= 11 is 0. The van der Waals surface area contributed by atoms with Crippen LogP contribution in [0.2, 0.25) is 0 Å². The number of aromatic nitrogens is 2. The van der Waals surface area contributed by atoms with Crippen LogP contribution < -0.4 is 15.9 Å². The average molecular weight is 541 g/mol. The van der Waals surface area contributed by atoms with Crippen molar-refractivity contribution in [2.45, 2.75) is 45.1 Å². The minimum absolute atomic E-state index is 0.0295. The number of anilines is 1. The number of hydrazine groups is 1. The molecule has 3 heterocycles. The van der Waals surface area contributed by atoms with Gasteiger partial charge in [-0.05, 0) is 80.8 Å². The first-order valence-electron chi connectivity index (χ1n) is 14.8. The molecule has 3 fully saturated rings. The summed E-state index contributed by atoms with van der Waals surface area (Å²) < 4.78 is 0. The number of nitrogens with one attached hydrogen (secondary N) is 1. The minimum Gasteiger partial charge on any atom is -0.306 e. The standard InChI is InChI=1S/C30H41BN8O/c1-36-12-10-25(11-13-36)21-38-16-14-37(15-17-38)20-24-6-8-26(9-7-24)30(40)35-39(22-23-4-2-3-5-23)29-27(31)19-33-28(18-32)34-29/h6-9,19,23,25H,2-5,10-17,20-22H2,1H3,(H,35,40). The Morgan fingerprint density at radius 1 is 1.02 bits per heavy atom. The highest BCUT2D eigenvalue weighted by molar-refractivity contribution is 6.35. The van der Waals surface area contributed by atoms with E-state index in [9.17, 15) is 10.1 Å². The number of benzene rings is 1. The number of piperidine rings is 1. The topological polar surface area (TPSA) is 91.6 Å². The number of rotatable bonds is 9. The molecule has 5 rings (SSSR count).